The summed E-state index contributed by atoms with van der Waals surface area (Å²) in [5.41, 5.74) is 1.37. The van der Waals surface area contributed by atoms with E-state index in [0.29, 0.717) is 18.4 Å². The minimum absolute atomic E-state index is 0.179. The summed E-state index contributed by atoms with van der Waals surface area (Å²) in [7, 11) is 0. The second-order valence-corrected chi connectivity index (χ2v) is 4.83. The molecule has 1 aromatic rings. The average molecular weight is 231 g/mol. The van der Waals surface area contributed by atoms with Gasteiger partial charge in [0.2, 0.25) is 5.91 Å². The molecular formula is C15H21NO. The van der Waals surface area contributed by atoms with Crippen LogP contribution < -0.4 is 5.32 Å². The fraction of sp³-hybridized carbons (Fsp3) is 0.533. The van der Waals surface area contributed by atoms with Gasteiger partial charge in [-0.15, -0.1) is 0 Å². The van der Waals surface area contributed by atoms with E-state index in [2.05, 4.69) is 29.6 Å². The van der Waals surface area contributed by atoms with Gasteiger partial charge in [-0.05, 0) is 18.4 Å². The summed E-state index contributed by atoms with van der Waals surface area (Å²) in [5.74, 6) is 0.679. The Morgan fingerprint density at radius 2 is 1.94 bits per heavy atom. The smallest absolute Gasteiger partial charge is 0.219 e. The van der Waals surface area contributed by atoms with Gasteiger partial charge in [0.25, 0.3) is 0 Å². The van der Waals surface area contributed by atoms with E-state index in [4.69, 9.17) is 0 Å². The number of rotatable bonds is 3. The molecule has 17 heavy (non-hydrogen) atoms. The summed E-state index contributed by atoms with van der Waals surface area (Å²) in [6.45, 7) is 1.91. The van der Waals surface area contributed by atoms with E-state index >= 15 is 0 Å². The van der Waals surface area contributed by atoms with Crippen LogP contribution in [-0.2, 0) is 4.79 Å². The van der Waals surface area contributed by atoms with Gasteiger partial charge in [0, 0.05) is 18.4 Å². The van der Waals surface area contributed by atoms with E-state index in [-0.39, 0.29) is 5.91 Å². The zero-order chi connectivity index (χ0) is 12.1. The summed E-state index contributed by atoms with van der Waals surface area (Å²) in [4.78, 5) is 11.5. The Morgan fingerprint density at radius 3 is 2.65 bits per heavy atom. The normalized spacial score (nSPS) is 24.3. The van der Waals surface area contributed by atoms with Crippen molar-refractivity contribution in [1.82, 2.24) is 5.32 Å². The van der Waals surface area contributed by atoms with Crippen LogP contribution in [0.4, 0.5) is 0 Å². The Hall–Kier alpha value is -1.31. The SMILES string of the molecule is CCC(=O)NC1CCCCC1c1ccccc1. The Morgan fingerprint density at radius 1 is 1.24 bits per heavy atom. The highest BCUT2D eigenvalue weighted by Gasteiger charge is 2.27. The van der Waals surface area contributed by atoms with Gasteiger partial charge in [0.15, 0.2) is 0 Å². The Balaban J connectivity index is 2.09. The summed E-state index contributed by atoms with van der Waals surface area (Å²) in [6.07, 6.45) is 5.40. The molecule has 0 heterocycles. The Labute approximate surface area is 103 Å². The second-order valence-electron chi connectivity index (χ2n) is 4.83. The van der Waals surface area contributed by atoms with Crippen molar-refractivity contribution in [2.45, 2.75) is 51.0 Å². The topological polar surface area (TPSA) is 29.1 Å². The van der Waals surface area contributed by atoms with Crippen LogP contribution in [0, 0.1) is 0 Å². The average Bonchev–Trinajstić information content (AvgIpc) is 2.40. The van der Waals surface area contributed by atoms with Crippen LogP contribution in [0.2, 0.25) is 0 Å². The molecule has 1 amide bonds. The van der Waals surface area contributed by atoms with Gasteiger partial charge in [0.05, 0.1) is 0 Å². The molecule has 0 radical (unpaired) electrons. The highest BCUT2D eigenvalue weighted by Crippen LogP contribution is 2.32. The van der Waals surface area contributed by atoms with Crippen molar-refractivity contribution < 1.29 is 4.79 Å². The predicted octanol–water partition coefficient (Wildman–Crippen LogP) is 3.24. The number of hydrogen-bond acceptors (Lipinski definition) is 1. The molecule has 0 aromatic heterocycles. The third-order valence-corrected chi connectivity index (χ3v) is 3.66. The van der Waals surface area contributed by atoms with E-state index in [1.807, 2.05) is 13.0 Å². The molecule has 0 aliphatic heterocycles. The molecule has 92 valence electrons. The lowest BCUT2D eigenvalue weighted by Crippen LogP contribution is -2.40. The molecule has 1 N–H and O–H groups in total. The number of benzene rings is 1. The number of nitrogens with one attached hydrogen (secondary N) is 1. The molecule has 2 unspecified atom stereocenters. The largest absolute Gasteiger partial charge is 0.353 e. The first-order valence-electron chi connectivity index (χ1n) is 6.65. The maximum absolute atomic E-state index is 11.5. The number of carbonyl (C=O) groups excluding carboxylic acids is 1. The first kappa shape index (κ1) is 12.2. The molecule has 1 aliphatic rings. The minimum Gasteiger partial charge on any atom is -0.353 e. The maximum Gasteiger partial charge on any atom is 0.219 e. The van der Waals surface area contributed by atoms with E-state index < -0.39 is 0 Å². The van der Waals surface area contributed by atoms with E-state index in [9.17, 15) is 4.79 Å². The lowest BCUT2D eigenvalue weighted by molar-refractivity contribution is -0.121. The third kappa shape index (κ3) is 3.09. The van der Waals surface area contributed by atoms with Gasteiger partial charge in [-0.3, -0.25) is 4.79 Å². The third-order valence-electron chi connectivity index (χ3n) is 3.66. The van der Waals surface area contributed by atoms with Gasteiger partial charge in [0.1, 0.15) is 0 Å². The lowest BCUT2D eigenvalue weighted by Gasteiger charge is -2.32. The van der Waals surface area contributed by atoms with Crippen molar-refractivity contribution in [3.05, 3.63) is 35.9 Å². The van der Waals surface area contributed by atoms with Gasteiger partial charge < -0.3 is 5.32 Å². The van der Waals surface area contributed by atoms with Crippen molar-refractivity contribution in [2.75, 3.05) is 0 Å². The number of amides is 1. The summed E-state index contributed by atoms with van der Waals surface area (Å²) in [5, 5.41) is 3.18. The fourth-order valence-electron chi connectivity index (χ4n) is 2.71. The molecular weight excluding hydrogens is 210 g/mol. The molecule has 2 heteroatoms. The van der Waals surface area contributed by atoms with Gasteiger partial charge >= 0.3 is 0 Å². The van der Waals surface area contributed by atoms with Gasteiger partial charge in [-0.25, -0.2) is 0 Å². The first-order valence-corrected chi connectivity index (χ1v) is 6.65. The molecule has 2 nitrogen and oxygen atoms in total. The molecule has 2 rings (SSSR count). The van der Waals surface area contributed by atoms with Gasteiger partial charge in [-0.1, -0.05) is 50.1 Å². The summed E-state index contributed by atoms with van der Waals surface area (Å²) >= 11 is 0. The Kier molecular flexibility index (Phi) is 4.18. The van der Waals surface area contributed by atoms with Crippen molar-refractivity contribution in [3.8, 4) is 0 Å². The molecule has 0 spiro atoms. The summed E-state index contributed by atoms with van der Waals surface area (Å²) < 4.78 is 0. The van der Waals surface area contributed by atoms with Crippen LogP contribution in [0.1, 0.15) is 50.5 Å². The second kappa shape index (κ2) is 5.85. The van der Waals surface area contributed by atoms with Crippen LogP contribution >= 0.6 is 0 Å². The monoisotopic (exact) mass is 231 g/mol. The highest BCUT2D eigenvalue weighted by molar-refractivity contribution is 5.76. The van der Waals surface area contributed by atoms with Crippen LogP contribution in [0.5, 0.6) is 0 Å². The molecule has 0 saturated heterocycles. The Bertz CT molecular complexity index is 360. The molecule has 1 aromatic carbocycles. The van der Waals surface area contributed by atoms with Crippen molar-refractivity contribution in [2.24, 2.45) is 0 Å². The van der Waals surface area contributed by atoms with Crippen molar-refractivity contribution >= 4 is 5.91 Å². The van der Waals surface area contributed by atoms with Crippen LogP contribution in [0.3, 0.4) is 0 Å². The van der Waals surface area contributed by atoms with E-state index in [1.165, 1.54) is 24.8 Å². The number of carbonyl (C=O) groups is 1. The van der Waals surface area contributed by atoms with Crippen LogP contribution in [0.25, 0.3) is 0 Å². The molecule has 2 atom stereocenters. The summed E-state index contributed by atoms with van der Waals surface area (Å²) in [6, 6.07) is 10.9. The standard InChI is InChI=1S/C15H21NO/c1-2-15(17)16-14-11-7-6-10-13(14)12-8-4-3-5-9-12/h3-5,8-9,13-14H,2,6-7,10-11H2,1H3,(H,16,17). The minimum atomic E-state index is 0.179. The van der Waals surface area contributed by atoms with Crippen molar-refractivity contribution in [1.29, 1.82) is 0 Å². The predicted molar refractivity (Wildman–Crippen MR) is 69.9 cm³/mol. The van der Waals surface area contributed by atoms with Crippen LogP contribution in [-0.4, -0.2) is 11.9 Å². The molecule has 0 bridgehead atoms. The van der Waals surface area contributed by atoms with Crippen LogP contribution in [0.15, 0.2) is 30.3 Å². The fourth-order valence-corrected chi connectivity index (χ4v) is 2.71. The number of hydrogen-bond donors (Lipinski definition) is 1. The molecule has 1 fully saturated rings. The maximum atomic E-state index is 11.5. The van der Waals surface area contributed by atoms with E-state index in [1.54, 1.807) is 0 Å². The quantitative estimate of drug-likeness (QED) is 0.850. The zero-order valence-electron chi connectivity index (χ0n) is 10.5. The highest BCUT2D eigenvalue weighted by atomic mass is 16.1. The molecule has 1 aliphatic carbocycles. The van der Waals surface area contributed by atoms with Gasteiger partial charge in [-0.2, -0.15) is 0 Å². The zero-order valence-corrected chi connectivity index (χ0v) is 10.5. The first-order chi connectivity index (χ1) is 8.31. The lowest BCUT2D eigenvalue weighted by atomic mass is 9.80. The van der Waals surface area contributed by atoms with Crippen molar-refractivity contribution in [3.63, 3.8) is 0 Å². The van der Waals surface area contributed by atoms with E-state index in [0.717, 1.165) is 6.42 Å². The molecule has 1 saturated carbocycles.